The first kappa shape index (κ1) is 28.5. The molecule has 5 aromatic carbocycles. The Balaban J connectivity index is 1.09. The summed E-state index contributed by atoms with van der Waals surface area (Å²) in [7, 11) is 0. The number of hydrogen-bond acceptors (Lipinski definition) is 5. The first-order valence-corrected chi connectivity index (χ1v) is 16.2. The van der Waals surface area contributed by atoms with Crippen molar-refractivity contribution in [3.05, 3.63) is 170 Å². The predicted molar refractivity (Wildman–Crippen MR) is 198 cm³/mol. The Morgan fingerprint density at radius 3 is 1.57 bits per heavy atom. The summed E-state index contributed by atoms with van der Waals surface area (Å²) in [6, 6.07) is 50.1. The Morgan fingerprint density at radius 2 is 0.898 bits per heavy atom. The first-order valence-electron chi connectivity index (χ1n) is 16.2. The largest absolute Gasteiger partial charge is 0.456 e. The summed E-state index contributed by atoms with van der Waals surface area (Å²) in [5.41, 5.74) is 13.1. The monoisotopic (exact) mass is 628 g/mol. The van der Waals surface area contributed by atoms with Crippen molar-refractivity contribution in [3.63, 3.8) is 0 Å². The number of fused-ring (bicyclic) bond motifs is 3. The van der Waals surface area contributed by atoms with Crippen molar-refractivity contribution in [3.8, 4) is 67.3 Å². The average Bonchev–Trinajstić information content (AvgIpc) is 3.57. The Hall–Kier alpha value is -6.72. The highest BCUT2D eigenvalue weighted by molar-refractivity contribution is 6.05. The molecule has 4 heterocycles. The summed E-state index contributed by atoms with van der Waals surface area (Å²) in [4.78, 5) is 18.6. The lowest BCUT2D eigenvalue weighted by atomic mass is 10.0. The molecule has 4 aromatic heterocycles. The van der Waals surface area contributed by atoms with Crippen molar-refractivity contribution in [1.29, 1.82) is 0 Å². The third kappa shape index (κ3) is 5.53. The minimum atomic E-state index is 0.668. The average molecular weight is 629 g/mol. The molecule has 0 spiro atoms. The highest BCUT2D eigenvalue weighted by Crippen LogP contribution is 2.34. The van der Waals surface area contributed by atoms with Crippen LogP contribution < -0.4 is 0 Å². The van der Waals surface area contributed by atoms with Crippen molar-refractivity contribution in [2.24, 2.45) is 0 Å². The Bertz CT molecular complexity index is 2460. The maximum atomic E-state index is 6.16. The van der Waals surface area contributed by atoms with Crippen LogP contribution in [0.1, 0.15) is 0 Å². The van der Waals surface area contributed by atoms with Gasteiger partial charge in [-0.05, 0) is 75.8 Å². The van der Waals surface area contributed by atoms with Crippen molar-refractivity contribution in [2.75, 3.05) is 0 Å². The number of rotatable bonds is 6. The summed E-state index contributed by atoms with van der Waals surface area (Å²) in [6.07, 6.45) is 7.30. The third-order valence-corrected chi connectivity index (χ3v) is 8.95. The van der Waals surface area contributed by atoms with Crippen molar-refractivity contribution < 1.29 is 4.42 Å². The Kier molecular flexibility index (Phi) is 7.06. The van der Waals surface area contributed by atoms with Crippen molar-refractivity contribution in [2.45, 2.75) is 0 Å². The second-order valence-corrected chi connectivity index (χ2v) is 12.0. The van der Waals surface area contributed by atoms with Crippen LogP contribution in [-0.2, 0) is 0 Å². The van der Waals surface area contributed by atoms with Crippen LogP contribution >= 0.6 is 0 Å². The fraction of sp³-hybridized carbons (Fsp3) is 0. The number of furan rings is 1. The maximum Gasteiger partial charge on any atom is 0.160 e. The van der Waals surface area contributed by atoms with E-state index in [9.17, 15) is 0 Å². The molecule has 0 unspecified atom stereocenters. The van der Waals surface area contributed by atoms with Gasteiger partial charge >= 0.3 is 0 Å². The number of pyridine rings is 2. The van der Waals surface area contributed by atoms with Gasteiger partial charge in [0.05, 0.1) is 11.4 Å². The molecule has 5 heteroatoms. The minimum absolute atomic E-state index is 0.668. The van der Waals surface area contributed by atoms with Gasteiger partial charge in [0.2, 0.25) is 0 Å². The number of benzene rings is 5. The Morgan fingerprint density at radius 1 is 0.347 bits per heavy atom. The molecule has 0 saturated heterocycles. The van der Waals surface area contributed by atoms with Crippen LogP contribution in [0.4, 0.5) is 0 Å². The number of nitrogens with zero attached hydrogens (tertiary/aromatic N) is 4. The van der Waals surface area contributed by atoms with Gasteiger partial charge in [-0.15, -0.1) is 0 Å². The molecule has 9 aromatic rings. The van der Waals surface area contributed by atoms with Crippen molar-refractivity contribution >= 4 is 21.9 Å². The van der Waals surface area contributed by atoms with E-state index in [0.717, 1.165) is 83.4 Å². The predicted octanol–water partition coefficient (Wildman–Crippen LogP) is 11.2. The molecule has 230 valence electrons. The molecule has 0 radical (unpaired) electrons. The van der Waals surface area contributed by atoms with Crippen LogP contribution in [0.2, 0.25) is 0 Å². The molecule has 0 aliphatic heterocycles. The summed E-state index contributed by atoms with van der Waals surface area (Å²) < 4.78 is 6.16. The lowest BCUT2D eigenvalue weighted by Crippen LogP contribution is -1.96. The molecule has 0 saturated carbocycles. The maximum absolute atomic E-state index is 6.16. The topological polar surface area (TPSA) is 64.7 Å². The van der Waals surface area contributed by atoms with E-state index in [-0.39, 0.29) is 0 Å². The number of hydrogen-bond donors (Lipinski definition) is 0. The molecular formula is C44H28N4O. The van der Waals surface area contributed by atoms with E-state index in [2.05, 4.69) is 119 Å². The van der Waals surface area contributed by atoms with E-state index in [1.54, 1.807) is 6.20 Å². The molecular weight excluding hydrogens is 601 g/mol. The van der Waals surface area contributed by atoms with E-state index in [4.69, 9.17) is 14.4 Å². The summed E-state index contributed by atoms with van der Waals surface area (Å²) in [5, 5.41) is 2.25. The van der Waals surface area contributed by atoms with E-state index < -0.39 is 0 Å². The molecule has 0 N–H and O–H groups in total. The van der Waals surface area contributed by atoms with Gasteiger partial charge in [-0.25, -0.2) is 9.97 Å². The molecule has 0 amide bonds. The zero-order chi connectivity index (χ0) is 32.6. The third-order valence-electron chi connectivity index (χ3n) is 8.95. The van der Waals surface area contributed by atoms with Gasteiger partial charge in [-0.3, -0.25) is 9.97 Å². The van der Waals surface area contributed by atoms with Gasteiger partial charge in [-0.1, -0.05) is 103 Å². The van der Waals surface area contributed by atoms with Crippen LogP contribution in [0.25, 0.3) is 89.2 Å². The lowest BCUT2D eigenvalue weighted by molar-refractivity contribution is 0.669. The highest BCUT2D eigenvalue weighted by Gasteiger charge is 2.13. The zero-order valence-corrected chi connectivity index (χ0v) is 26.4. The number of para-hydroxylation sites is 1. The zero-order valence-electron chi connectivity index (χ0n) is 26.4. The molecule has 0 aliphatic rings. The fourth-order valence-corrected chi connectivity index (χ4v) is 6.33. The van der Waals surface area contributed by atoms with E-state index in [1.807, 2.05) is 55.0 Å². The number of aromatic nitrogens is 4. The van der Waals surface area contributed by atoms with E-state index >= 15 is 0 Å². The van der Waals surface area contributed by atoms with Crippen LogP contribution in [0, 0.1) is 0 Å². The summed E-state index contributed by atoms with van der Waals surface area (Å²) >= 11 is 0. The fourth-order valence-electron chi connectivity index (χ4n) is 6.33. The molecule has 49 heavy (non-hydrogen) atoms. The molecule has 0 aliphatic carbocycles. The molecule has 5 nitrogen and oxygen atoms in total. The van der Waals surface area contributed by atoms with Gasteiger partial charge in [-0.2, -0.15) is 0 Å². The van der Waals surface area contributed by atoms with Gasteiger partial charge in [0.25, 0.3) is 0 Å². The normalized spacial score (nSPS) is 11.3. The van der Waals surface area contributed by atoms with Gasteiger partial charge in [0.1, 0.15) is 11.2 Å². The second kappa shape index (κ2) is 12.1. The van der Waals surface area contributed by atoms with E-state index in [1.165, 1.54) is 0 Å². The van der Waals surface area contributed by atoms with Crippen LogP contribution in [0.5, 0.6) is 0 Å². The van der Waals surface area contributed by atoms with E-state index in [0.29, 0.717) is 5.82 Å². The SMILES string of the molecule is c1cncc(-c2ccc(-c3cc(-c4ccc(-c5ccncc5)cc4)nc(-c4ccc(-c5ccc6c(c5)oc5ccccc56)cc4)n3)cc2)c1. The second-order valence-electron chi connectivity index (χ2n) is 12.0. The molecule has 0 fully saturated rings. The summed E-state index contributed by atoms with van der Waals surface area (Å²) in [6.45, 7) is 0. The Labute approximate surface area is 283 Å². The minimum Gasteiger partial charge on any atom is -0.456 e. The quantitative estimate of drug-likeness (QED) is 0.183. The lowest BCUT2D eigenvalue weighted by Gasteiger charge is -2.11. The van der Waals surface area contributed by atoms with Crippen molar-refractivity contribution in [1.82, 2.24) is 19.9 Å². The van der Waals surface area contributed by atoms with Gasteiger partial charge < -0.3 is 4.42 Å². The van der Waals surface area contributed by atoms with Crippen LogP contribution in [-0.4, -0.2) is 19.9 Å². The molecule has 9 rings (SSSR count). The first-order chi connectivity index (χ1) is 24.2. The highest BCUT2D eigenvalue weighted by atomic mass is 16.3. The summed E-state index contributed by atoms with van der Waals surface area (Å²) in [5.74, 6) is 0.668. The standard InChI is InChI=1S/C44H28N4O/c1-2-6-42-38(5-1)39-20-19-36(26-43(39)49-42)30-11-17-35(18-12-30)44-47-40(33-13-7-29(8-14-33)32-21-24-45-25-22-32)27-41(48-44)34-15-9-31(10-16-34)37-4-3-23-46-28-37/h1-28H. The molecule has 0 atom stereocenters. The van der Waals surface area contributed by atoms with Crippen LogP contribution in [0.3, 0.4) is 0 Å². The smallest absolute Gasteiger partial charge is 0.160 e. The van der Waals surface area contributed by atoms with Gasteiger partial charge in [0, 0.05) is 52.3 Å². The van der Waals surface area contributed by atoms with Gasteiger partial charge in [0.15, 0.2) is 5.82 Å². The molecule has 0 bridgehead atoms. The van der Waals surface area contributed by atoms with Crippen LogP contribution in [0.15, 0.2) is 175 Å².